The van der Waals surface area contributed by atoms with E-state index >= 15 is 0 Å². The largest absolute Gasteiger partial charge is 0.325 e. The highest BCUT2D eigenvalue weighted by Crippen LogP contribution is 2.28. The number of likely N-dealkylation sites (tertiary alicyclic amines) is 1. The van der Waals surface area contributed by atoms with Crippen LogP contribution in [0.4, 0.5) is 5.69 Å². The number of rotatable bonds is 3. The van der Waals surface area contributed by atoms with Gasteiger partial charge in [0.05, 0.1) is 6.04 Å². The molecule has 1 aliphatic heterocycles. The zero-order valence-corrected chi connectivity index (χ0v) is 15.1. The molecule has 0 aliphatic carbocycles. The van der Waals surface area contributed by atoms with Crippen LogP contribution in [0.1, 0.15) is 44.7 Å². The van der Waals surface area contributed by atoms with Crippen molar-refractivity contribution in [1.82, 2.24) is 4.90 Å². The number of carbonyl (C=O) groups excluding carboxylic acids is 1. The minimum Gasteiger partial charge on any atom is -0.325 e. The van der Waals surface area contributed by atoms with Crippen molar-refractivity contribution in [1.29, 1.82) is 0 Å². The van der Waals surface area contributed by atoms with Crippen molar-refractivity contribution in [2.45, 2.75) is 65.6 Å². The Labute approximate surface area is 136 Å². The fourth-order valence-electron chi connectivity index (χ4n) is 3.38. The molecule has 3 unspecified atom stereocenters. The number of nitrogens with one attached hydrogen (secondary N) is 1. The summed E-state index contributed by atoms with van der Waals surface area (Å²) < 4.78 is 1.11. The molecule has 0 radical (unpaired) electrons. The average molecular weight is 353 g/mol. The van der Waals surface area contributed by atoms with E-state index in [-0.39, 0.29) is 11.9 Å². The van der Waals surface area contributed by atoms with Crippen LogP contribution in [0.5, 0.6) is 0 Å². The third-order valence-corrected chi connectivity index (χ3v) is 5.80. The van der Waals surface area contributed by atoms with Gasteiger partial charge in [0.1, 0.15) is 0 Å². The SMILES string of the molecule is Cc1cc(NC(=O)C(C)N2C(C)CCC2C)cc(C)c1Br. The number of halogens is 1. The van der Waals surface area contributed by atoms with Crippen molar-refractivity contribution < 1.29 is 4.79 Å². The normalized spacial score (nSPS) is 24.1. The molecule has 1 heterocycles. The molecule has 1 N–H and O–H groups in total. The summed E-state index contributed by atoms with van der Waals surface area (Å²) in [4.78, 5) is 14.9. The van der Waals surface area contributed by atoms with Crippen molar-refractivity contribution in [3.8, 4) is 0 Å². The van der Waals surface area contributed by atoms with Crippen LogP contribution in [-0.4, -0.2) is 28.9 Å². The molecule has 0 saturated carbocycles. The van der Waals surface area contributed by atoms with Gasteiger partial charge in [-0.25, -0.2) is 0 Å². The first-order valence-electron chi connectivity index (χ1n) is 7.66. The molecule has 116 valence electrons. The topological polar surface area (TPSA) is 32.3 Å². The van der Waals surface area contributed by atoms with Gasteiger partial charge in [0.2, 0.25) is 5.91 Å². The Morgan fingerprint density at radius 2 is 1.71 bits per heavy atom. The summed E-state index contributed by atoms with van der Waals surface area (Å²) in [5, 5.41) is 3.07. The van der Waals surface area contributed by atoms with Gasteiger partial charge in [0.25, 0.3) is 0 Å². The second-order valence-electron chi connectivity index (χ2n) is 6.31. The molecule has 0 aromatic heterocycles. The van der Waals surface area contributed by atoms with E-state index in [9.17, 15) is 4.79 Å². The molecule has 1 fully saturated rings. The summed E-state index contributed by atoms with van der Waals surface area (Å²) in [7, 11) is 0. The van der Waals surface area contributed by atoms with Crippen LogP contribution in [-0.2, 0) is 4.79 Å². The third-order valence-electron chi connectivity index (χ3n) is 4.55. The Morgan fingerprint density at radius 3 is 2.19 bits per heavy atom. The van der Waals surface area contributed by atoms with E-state index < -0.39 is 0 Å². The number of aryl methyl sites for hydroxylation is 2. The standard InChI is InChI=1S/C17H25BrN2O/c1-10-8-15(9-11(2)16(10)18)19-17(21)14(5)20-12(3)6-7-13(20)4/h8-9,12-14H,6-7H2,1-5H3,(H,19,21). The van der Waals surface area contributed by atoms with E-state index in [1.807, 2.05) is 32.9 Å². The van der Waals surface area contributed by atoms with E-state index in [0.29, 0.717) is 12.1 Å². The molecule has 21 heavy (non-hydrogen) atoms. The van der Waals surface area contributed by atoms with Crippen molar-refractivity contribution >= 4 is 27.5 Å². The second-order valence-corrected chi connectivity index (χ2v) is 7.10. The highest BCUT2D eigenvalue weighted by molar-refractivity contribution is 9.10. The summed E-state index contributed by atoms with van der Waals surface area (Å²) in [6.07, 6.45) is 2.35. The quantitative estimate of drug-likeness (QED) is 0.880. The zero-order chi connectivity index (χ0) is 15.7. The van der Waals surface area contributed by atoms with Gasteiger partial charge in [-0.15, -0.1) is 0 Å². The fourth-order valence-corrected chi connectivity index (χ4v) is 3.61. The van der Waals surface area contributed by atoms with Crippen LogP contribution >= 0.6 is 15.9 Å². The van der Waals surface area contributed by atoms with Gasteiger partial charge in [-0.2, -0.15) is 0 Å². The number of nitrogens with zero attached hydrogens (tertiary/aromatic N) is 1. The molecular formula is C17H25BrN2O. The zero-order valence-electron chi connectivity index (χ0n) is 13.5. The van der Waals surface area contributed by atoms with Crippen LogP contribution in [0, 0.1) is 13.8 Å². The van der Waals surface area contributed by atoms with Crippen LogP contribution < -0.4 is 5.32 Å². The van der Waals surface area contributed by atoms with E-state index in [1.54, 1.807) is 0 Å². The predicted octanol–water partition coefficient (Wildman–Crippen LogP) is 4.27. The van der Waals surface area contributed by atoms with Gasteiger partial charge in [-0.1, -0.05) is 15.9 Å². The van der Waals surface area contributed by atoms with Gasteiger partial charge in [-0.05, 0) is 70.7 Å². The minimum atomic E-state index is -0.0956. The molecule has 1 aromatic rings. The summed E-state index contributed by atoms with van der Waals surface area (Å²) >= 11 is 3.56. The number of hydrogen-bond acceptors (Lipinski definition) is 2. The first kappa shape index (κ1) is 16.5. The van der Waals surface area contributed by atoms with Crippen LogP contribution in [0.3, 0.4) is 0 Å². The van der Waals surface area contributed by atoms with E-state index in [2.05, 4.69) is 40.0 Å². The van der Waals surface area contributed by atoms with Crippen molar-refractivity contribution in [2.24, 2.45) is 0 Å². The lowest BCUT2D eigenvalue weighted by molar-refractivity contribution is -0.121. The summed E-state index contributed by atoms with van der Waals surface area (Å²) in [5.74, 6) is 0.0803. The lowest BCUT2D eigenvalue weighted by Gasteiger charge is -2.31. The van der Waals surface area contributed by atoms with Gasteiger partial charge in [-0.3, -0.25) is 9.69 Å². The van der Waals surface area contributed by atoms with Gasteiger partial charge >= 0.3 is 0 Å². The van der Waals surface area contributed by atoms with Gasteiger partial charge in [0, 0.05) is 22.2 Å². The number of hydrogen-bond donors (Lipinski definition) is 1. The van der Waals surface area contributed by atoms with E-state index in [1.165, 1.54) is 12.8 Å². The molecule has 0 spiro atoms. The molecule has 3 nitrogen and oxygen atoms in total. The highest BCUT2D eigenvalue weighted by atomic mass is 79.9. The highest BCUT2D eigenvalue weighted by Gasteiger charge is 2.34. The predicted molar refractivity (Wildman–Crippen MR) is 91.7 cm³/mol. The Morgan fingerprint density at radius 1 is 1.24 bits per heavy atom. The Hall–Kier alpha value is -0.870. The number of benzene rings is 1. The molecule has 1 amide bonds. The molecule has 4 heteroatoms. The molecule has 0 bridgehead atoms. The van der Waals surface area contributed by atoms with Gasteiger partial charge in [0.15, 0.2) is 0 Å². The summed E-state index contributed by atoms with van der Waals surface area (Å²) in [6.45, 7) is 10.5. The number of anilines is 1. The number of amides is 1. The maximum Gasteiger partial charge on any atom is 0.241 e. The first-order valence-corrected chi connectivity index (χ1v) is 8.45. The minimum absolute atomic E-state index is 0.0803. The molecule has 1 aliphatic rings. The Kier molecular flexibility index (Phi) is 5.10. The maximum absolute atomic E-state index is 12.5. The average Bonchev–Trinajstić information content (AvgIpc) is 2.74. The van der Waals surface area contributed by atoms with Crippen molar-refractivity contribution in [3.63, 3.8) is 0 Å². The van der Waals surface area contributed by atoms with E-state index in [0.717, 1.165) is 21.3 Å². The lowest BCUT2D eigenvalue weighted by Crippen LogP contribution is -2.46. The van der Waals surface area contributed by atoms with Crippen molar-refractivity contribution in [2.75, 3.05) is 5.32 Å². The monoisotopic (exact) mass is 352 g/mol. The Balaban J connectivity index is 2.11. The third kappa shape index (κ3) is 3.49. The summed E-state index contributed by atoms with van der Waals surface area (Å²) in [6, 6.07) is 4.89. The smallest absolute Gasteiger partial charge is 0.241 e. The maximum atomic E-state index is 12.5. The first-order chi connectivity index (χ1) is 9.81. The molecular weight excluding hydrogens is 328 g/mol. The van der Waals surface area contributed by atoms with E-state index in [4.69, 9.17) is 0 Å². The molecule has 2 rings (SSSR count). The summed E-state index contributed by atoms with van der Waals surface area (Å²) in [5.41, 5.74) is 3.16. The fraction of sp³-hybridized carbons (Fsp3) is 0.588. The molecule has 1 aromatic carbocycles. The van der Waals surface area contributed by atoms with Crippen molar-refractivity contribution in [3.05, 3.63) is 27.7 Å². The molecule has 3 atom stereocenters. The second kappa shape index (κ2) is 6.49. The number of carbonyl (C=O) groups is 1. The Bertz CT molecular complexity index is 511. The van der Waals surface area contributed by atoms with Crippen LogP contribution in [0.15, 0.2) is 16.6 Å². The van der Waals surface area contributed by atoms with Crippen LogP contribution in [0.2, 0.25) is 0 Å². The lowest BCUT2D eigenvalue weighted by atomic mass is 10.1. The molecule has 1 saturated heterocycles. The van der Waals surface area contributed by atoms with Crippen LogP contribution in [0.25, 0.3) is 0 Å². The van der Waals surface area contributed by atoms with Gasteiger partial charge < -0.3 is 5.32 Å².